The summed E-state index contributed by atoms with van der Waals surface area (Å²) >= 11 is 0. The highest BCUT2D eigenvalue weighted by molar-refractivity contribution is 7.85. The monoisotopic (exact) mass is 284 g/mol. The van der Waals surface area contributed by atoms with Crippen LogP contribution in [0.15, 0.2) is 24.7 Å². The second-order valence-electron chi connectivity index (χ2n) is 4.21. The smallest absolute Gasteiger partial charge is 0.264 e. The summed E-state index contributed by atoms with van der Waals surface area (Å²) in [6, 6.07) is 1.98. The van der Waals surface area contributed by atoms with Gasteiger partial charge < -0.3 is 9.14 Å². The van der Waals surface area contributed by atoms with Gasteiger partial charge in [-0.25, -0.2) is 4.98 Å². The minimum atomic E-state index is -3.35. The number of aryl methyl sites for hydroxylation is 1. The molecule has 104 valence electrons. The van der Waals surface area contributed by atoms with Gasteiger partial charge in [-0.05, 0) is 24.5 Å². The molecule has 0 atom stereocenters. The lowest BCUT2D eigenvalue weighted by Crippen LogP contribution is -2.04. The van der Waals surface area contributed by atoms with E-state index in [2.05, 4.69) is 4.98 Å². The molecule has 0 radical (unpaired) electrons. The number of rotatable bonds is 6. The Hall–Kier alpha value is -1.60. The highest BCUT2D eigenvalue weighted by Crippen LogP contribution is 2.19. The van der Waals surface area contributed by atoms with Crippen LogP contribution in [0.3, 0.4) is 0 Å². The quantitative estimate of drug-likeness (QED) is 0.590. The molecule has 0 fully saturated rings. The van der Waals surface area contributed by atoms with E-state index < -0.39 is 10.1 Å². The normalized spacial score (nSPS) is 11.9. The Bertz CT molecular complexity index is 663. The maximum atomic E-state index is 10.8. The van der Waals surface area contributed by atoms with Gasteiger partial charge in [0.1, 0.15) is 5.52 Å². The van der Waals surface area contributed by atoms with E-state index in [4.69, 9.17) is 8.92 Å². The van der Waals surface area contributed by atoms with Gasteiger partial charge in [0, 0.05) is 18.6 Å². The first-order valence-corrected chi connectivity index (χ1v) is 7.65. The number of ether oxygens (including phenoxy) is 1. The maximum Gasteiger partial charge on any atom is 0.264 e. The van der Waals surface area contributed by atoms with Crippen LogP contribution in [0.5, 0.6) is 5.88 Å². The molecule has 19 heavy (non-hydrogen) atoms. The third-order valence-corrected chi connectivity index (χ3v) is 3.24. The van der Waals surface area contributed by atoms with Crippen LogP contribution >= 0.6 is 0 Å². The molecule has 0 amide bonds. The molecule has 0 bridgehead atoms. The van der Waals surface area contributed by atoms with E-state index in [9.17, 15) is 8.42 Å². The Labute approximate surface area is 112 Å². The molecule has 2 aromatic rings. The van der Waals surface area contributed by atoms with Crippen LogP contribution in [0.2, 0.25) is 0 Å². The average molecular weight is 284 g/mol. The zero-order valence-electron chi connectivity index (χ0n) is 10.9. The van der Waals surface area contributed by atoms with Gasteiger partial charge in [-0.2, -0.15) is 8.42 Å². The molecule has 0 saturated carbocycles. The minimum Gasteiger partial charge on any atom is -0.480 e. The van der Waals surface area contributed by atoms with Crippen molar-refractivity contribution in [2.45, 2.75) is 12.8 Å². The van der Waals surface area contributed by atoms with Gasteiger partial charge >= 0.3 is 0 Å². The Morgan fingerprint density at radius 1 is 1.42 bits per heavy atom. The van der Waals surface area contributed by atoms with Gasteiger partial charge in [0.05, 0.1) is 20.0 Å². The first-order chi connectivity index (χ1) is 8.99. The Kier molecular flexibility index (Phi) is 4.06. The van der Waals surface area contributed by atoms with E-state index in [1.54, 1.807) is 13.3 Å². The molecule has 6 nitrogen and oxygen atoms in total. The van der Waals surface area contributed by atoms with Gasteiger partial charge in [-0.3, -0.25) is 4.18 Å². The van der Waals surface area contributed by atoms with E-state index in [-0.39, 0.29) is 6.61 Å². The van der Waals surface area contributed by atoms with E-state index in [1.807, 2.05) is 22.9 Å². The fraction of sp³-hybridized carbons (Fsp3) is 0.417. The van der Waals surface area contributed by atoms with Crippen molar-refractivity contribution < 1.29 is 17.3 Å². The van der Waals surface area contributed by atoms with Crippen molar-refractivity contribution in [3.8, 4) is 5.88 Å². The summed E-state index contributed by atoms with van der Waals surface area (Å²) in [4.78, 5) is 4.12. The van der Waals surface area contributed by atoms with Crippen molar-refractivity contribution >= 4 is 15.6 Å². The topological polar surface area (TPSA) is 69.9 Å². The number of nitrogens with zero attached hydrogens (tertiary/aromatic N) is 2. The maximum absolute atomic E-state index is 10.8. The van der Waals surface area contributed by atoms with Crippen molar-refractivity contribution in [2.24, 2.45) is 0 Å². The lowest BCUT2D eigenvalue weighted by molar-refractivity contribution is 0.316. The third-order valence-electron chi connectivity index (χ3n) is 2.64. The molecular formula is C12H16N2O4S. The summed E-state index contributed by atoms with van der Waals surface area (Å²) in [6.07, 6.45) is 7.91. The van der Waals surface area contributed by atoms with Gasteiger partial charge in [0.25, 0.3) is 10.1 Å². The first kappa shape index (κ1) is 13.8. The summed E-state index contributed by atoms with van der Waals surface area (Å²) in [7, 11) is -1.77. The van der Waals surface area contributed by atoms with E-state index in [1.165, 1.54) is 0 Å². The van der Waals surface area contributed by atoms with Crippen LogP contribution < -0.4 is 4.74 Å². The number of hydrogen-bond donors (Lipinski definition) is 0. The van der Waals surface area contributed by atoms with Crippen molar-refractivity contribution in [1.29, 1.82) is 0 Å². The number of aromatic nitrogens is 2. The standard InChI is InChI=1S/C12H16N2O4S/c1-17-12-11-8-10(9-14(11)6-5-13-12)4-3-7-18-19(2,15)16/h5-6,8-9H,3-4,7H2,1-2H3. The predicted molar refractivity (Wildman–Crippen MR) is 70.9 cm³/mol. The van der Waals surface area contributed by atoms with Crippen LogP contribution in [0.4, 0.5) is 0 Å². The molecular weight excluding hydrogens is 268 g/mol. The minimum absolute atomic E-state index is 0.195. The number of hydrogen-bond acceptors (Lipinski definition) is 5. The van der Waals surface area contributed by atoms with E-state index in [0.717, 1.165) is 23.8 Å². The lowest BCUT2D eigenvalue weighted by Gasteiger charge is -1.99. The molecule has 7 heteroatoms. The second kappa shape index (κ2) is 5.58. The van der Waals surface area contributed by atoms with Crippen molar-refractivity contribution in [2.75, 3.05) is 20.0 Å². The summed E-state index contributed by atoms with van der Waals surface area (Å²) in [5.74, 6) is 0.570. The lowest BCUT2D eigenvalue weighted by atomic mass is 10.2. The van der Waals surface area contributed by atoms with Crippen LogP contribution in [-0.2, 0) is 20.7 Å². The molecule has 0 aliphatic rings. The fourth-order valence-corrected chi connectivity index (χ4v) is 2.27. The molecule has 0 N–H and O–H groups in total. The number of methoxy groups -OCH3 is 1. The Balaban J connectivity index is 2.02. The molecule has 2 aromatic heterocycles. The zero-order valence-corrected chi connectivity index (χ0v) is 11.7. The molecule has 0 aromatic carbocycles. The average Bonchev–Trinajstić information content (AvgIpc) is 2.76. The summed E-state index contributed by atoms with van der Waals surface area (Å²) < 4.78 is 33.4. The van der Waals surface area contributed by atoms with Crippen molar-refractivity contribution in [1.82, 2.24) is 9.38 Å². The molecule has 0 unspecified atom stereocenters. The zero-order chi connectivity index (χ0) is 13.9. The summed E-state index contributed by atoms with van der Waals surface area (Å²) in [5.41, 5.74) is 1.98. The van der Waals surface area contributed by atoms with Crippen molar-refractivity contribution in [3.05, 3.63) is 30.2 Å². The molecule has 0 aliphatic heterocycles. The fourth-order valence-electron chi connectivity index (χ4n) is 1.85. The molecule has 0 spiro atoms. The van der Waals surface area contributed by atoms with Crippen molar-refractivity contribution in [3.63, 3.8) is 0 Å². The van der Waals surface area contributed by atoms with Crippen LogP contribution in [0.25, 0.3) is 5.52 Å². The van der Waals surface area contributed by atoms with Gasteiger partial charge in [-0.15, -0.1) is 0 Å². The molecule has 2 rings (SSSR count). The van der Waals surface area contributed by atoms with Gasteiger partial charge in [0.2, 0.25) is 5.88 Å². The summed E-state index contributed by atoms with van der Waals surface area (Å²) in [5, 5.41) is 0. The summed E-state index contributed by atoms with van der Waals surface area (Å²) in [6.45, 7) is 0.195. The number of fused-ring (bicyclic) bond motifs is 1. The van der Waals surface area contributed by atoms with Crippen LogP contribution in [0.1, 0.15) is 12.0 Å². The molecule has 0 aliphatic carbocycles. The predicted octanol–water partition coefficient (Wildman–Crippen LogP) is 1.25. The second-order valence-corrected chi connectivity index (χ2v) is 5.85. The van der Waals surface area contributed by atoms with Gasteiger partial charge in [0.15, 0.2) is 0 Å². The van der Waals surface area contributed by atoms with Crippen LogP contribution in [0, 0.1) is 0 Å². The Morgan fingerprint density at radius 2 is 2.21 bits per heavy atom. The largest absolute Gasteiger partial charge is 0.480 e. The highest BCUT2D eigenvalue weighted by Gasteiger charge is 2.06. The molecule has 0 saturated heterocycles. The molecule has 2 heterocycles. The van der Waals surface area contributed by atoms with E-state index >= 15 is 0 Å². The SMILES string of the molecule is COc1nccn2cc(CCCOS(C)(=O)=O)cc12. The highest BCUT2D eigenvalue weighted by atomic mass is 32.2. The third kappa shape index (κ3) is 3.68. The van der Waals surface area contributed by atoms with Crippen LogP contribution in [-0.4, -0.2) is 37.8 Å². The Morgan fingerprint density at radius 3 is 2.89 bits per heavy atom. The van der Waals surface area contributed by atoms with Gasteiger partial charge in [-0.1, -0.05) is 0 Å². The van der Waals surface area contributed by atoms with E-state index in [0.29, 0.717) is 12.3 Å². The first-order valence-electron chi connectivity index (χ1n) is 5.83.